The van der Waals surface area contributed by atoms with Crippen molar-refractivity contribution in [3.8, 4) is 5.75 Å². The number of carbonyl (C=O) groups excluding carboxylic acids is 1. The molecule has 0 aliphatic carbocycles. The highest BCUT2D eigenvalue weighted by Gasteiger charge is 2.22. The topological polar surface area (TPSA) is 38.3 Å². The van der Waals surface area contributed by atoms with Crippen molar-refractivity contribution in [2.24, 2.45) is 0 Å². The van der Waals surface area contributed by atoms with E-state index in [0.29, 0.717) is 12.3 Å². The third-order valence-electron chi connectivity index (χ3n) is 3.78. The number of amides is 1. The molecule has 3 heteroatoms. The minimum absolute atomic E-state index is 0.0882. The largest absolute Gasteiger partial charge is 0.493 e. The SMILES string of the molecule is CCCC(=O)NC1CCCOc2ccc(C(C)C)cc21. The third-order valence-corrected chi connectivity index (χ3v) is 3.78. The molecule has 0 fully saturated rings. The van der Waals surface area contributed by atoms with Gasteiger partial charge in [0.25, 0.3) is 0 Å². The molecule has 2 rings (SSSR count). The summed E-state index contributed by atoms with van der Waals surface area (Å²) in [5.41, 5.74) is 2.43. The maximum absolute atomic E-state index is 11.9. The molecular weight excluding hydrogens is 250 g/mol. The molecule has 0 saturated carbocycles. The van der Waals surface area contributed by atoms with Crippen molar-refractivity contribution < 1.29 is 9.53 Å². The monoisotopic (exact) mass is 275 g/mol. The zero-order chi connectivity index (χ0) is 14.5. The van der Waals surface area contributed by atoms with E-state index in [1.54, 1.807) is 0 Å². The fraction of sp³-hybridized carbons (Fsp3) is 0.588. The molecule has 3 nitrogen and oxygen atoms in total. The number of benzene rings is 1. The van der Waals surface area contributed by atoms with Crippen molar-refractivity contribution in [3.05, 3.63) is 29.3 Å². The van der Waals surface area contributed by atoms with Crippen LogP contribution in [0.3, 0.4) is 0 Å². The molecule has 1 amide bonds. The van der Waals surface area contributed by atoms with Gasteiger partial charge in [-0.2, -0.15) is 0 Å². The zero-order valence-electron chi connectivity index (χ0n) is 12.7. The number of nitrogens with one attached hydrogen (secondary N) is 1. The molecule has 1 aliphatic heterocycles. The Morgan fingerprint density at radius 2 is 2.25 bits per heavy atom. The Hall–Kier alpha value is -1.51. The molecule has 1 aliphatic rings. The lowest BCUT2D eigenvalue weighted by Gasteiger charge is -2.20. The van der Waals surface area contributed by atoms with Crippen LogP contribution in [0.2, 0.25) is 0 Å². The molecule has 0 spiro atoms. The molecule has 1 aromatic rings. The van der Waals surface area contributed by atoms with Crippen molar-refractivity contribution in [1.29, 1.82) is 0 Å². The Kier molecular flexibility index (Phi) is 5.05. The van der Waals surface area contributed by atoms with Crippen LogP contribution in [0.15, 0.2) is 18.2 Å². The van der Waals surface area contributed by atoms with Gasteiger partial charge >= 0.3 is 0 Å². The van der Waals surface area contributed by atoms with Gasteiger partial charge < -0.3 is 10.1 Å². The van der Waals surface area contributed by atoms with Gasteiger partial charge in [-0.15, -0.1) is 0 Å². The smallest absolute Gasteiger partial charge is 0.220 e. The van der Waals surface area contributed by atoms with Gasteiger partial charge in [-0.1, -0.05) is 26.8 Å². The predicted octanol–water partition coefficient (Wildman–Crippen LogP) is 3.94. The number of ether oxygens (including phenoxy) is 1. The second kappa shape index (κ2) is 6.78. The normalized spacial score (nSPS) is 18.1. The number of hydrogen-bond donors (Lipinski definition) is 1. The van der Waals surface area contributed by atoms with E-state index in [4.69, 9.17) is 4.74 Å². The lowest BCUT2D eigenvalue weighted by molar-refractivity contribution is -0.121. The van der Waals surface area contributed by atoms with Gasteiger partial charge in [-0.3, -0.25) is 4.79 Å². The van der Waals surface area contributed by atoms with E-state index in [9.17, 15) is 4.79 Å². The average molecular weight is 275 g/mol. The molecule has 0 radical (unpaired) electrons. The fourth-order valence-electron chi connectivity index (χ4n) is 2.60. The molecule has 0 bridgehead atoms. The Morgan fingerprint density at radius 3 is 2.95 bits per heavy atom. The standard InChI is InChI=1S/C17H25NO2/c1-4-6-17(19)18-15-7-5-10-20-16-9-8-13(12(2)3)11-14(15)16/h8-9,11-12,15H,4-7,10H2,1-3H3,(H,18,19). The third kappa shape index (κ3) is 3.53. The maximum Gasteiger partial charge on any atom is 0.220 e. The van der Waals surface area contributed by atoms with Crippen molar-refractivity contribution in [2.75, 3.05) is 6.61 Å². The summed E-state index contributed by atoms with van der Waals surface area (Å²) in [6, 6.07) is 6.46. The van der Waals surface area contributed by atoms with E-state index in [-0.39, 0.29) is 11.9 Å². The van der Waals surface area contributed by atoms with Gasteiger partial charge in [0.05, 0.1) is 12.6 Å². The van der Waals surface area contributed by atoms with Gasteiger partial charge in [0.1, 0.15) is 5.75 Å². The molecule has 110 valence electrons. The van der Waals surface area contributed by atoms with Crippen molar-refractivity contribution in [1.82, 2.24) is 5.32 Å². The first-order valence-electron chi connectivity index (χ1n) is 7.67. The number of rotatable bonds is 4. The van der Waals surface area contributed by atoms with E-state index in [2.05, 4.69) is 37.4 Å². The van der Waals surface area contributed by atoms with Crippen LogP contribution in [-0.2, 0) is 4.79 Å². The van der Waals surface area contributed by atoms with E-state index >= 15 is 0 Å². The van der Waals surface area contributed by atoms with E-state index in [1.807, 2.05) is 6.92 Å². The van der Waals surface area contributed by atoms with Crippen molar-refractivity contribution in [3.63, 3.8) is 0 Å². The first kappa shape index (κ1) is 14.9. The van der Waals surface area contributed by atoms with E-state index in [1.165, 1.54) is 5.56 Å². The van der Waals surface area contributed by atoms with Gasteiger partial charge in [0, 0.05) is 12.0 Å². The van der Waals surface area contributed by atoms with E-state index in [0.717, 1.165) is 37.2 Å². The summed E-state index contributed by atoms with van der Waals surface area (Å²) in [6.45, 7) is 7.13. The first-order valence-corrected chi connectivity index (χ1v) is 7.67. The van der Waals surface area contributed by atoms with Crippen LogP contribution in [0.4, 0.5) is 0 Å². The van der Waals surface area contributed by atoms with Crippen LogP contribution in [0.1, 0.15) is 69.5 Å². The van der Waals surface area contributed by atoms with Gasteiger partial charge in [0.2, 0.25) is 5.91 Å². The quantitative estimate of drug-likeness (QED) is 0.904. The Balaban J connectivity index is 2.26. The van der Waals surface area contributed by atoms with Crippen molar-refractivity contribution in [2.45, 2.75) is 58.4 Å². The summed E-state index contributed by atoms with van der Waals surface area (Å²) in [6.07, 6.45) is 3.40. The summed E-state index contributed by atoms with van der Waals surface area (Å²) in [5, 5.41) is 3.16. The highest BCUT2D eigenvalue weighted by atomic mass is 16.5. The molecule has 1 aromatic carbocycles. The first-order chi connectivity index (χ1) is 9.61. The highest BCUT2D eigenvalue weighted by Crippen LogP contribution is 2.34. The minimum atomic E-state index is 0.0882. The predicted molar refractivity (Wildman–Crippen MR) is 81.1 cm³/mol. The zero-order valence-corrected chi connectivity index (χ0v) is 12.7. The molecule has 20 heavy (non-hydrogen) atoms. The van der Waals surface area contributed by atoms with Gasteiger partial charge in [-0.25, -0.2) is 0 Å². The molecule has 1 atom stereocenters. The summed E-state index contributed by atoms with van der Waals surface area (Å²) >= 11 is 0. The van der Waals surface area contributed by atoms with Crippen LogP contribution >= 0.6 is 0 Å². The van der Waals surface area contributed by atoms with Crippen LogP contribution in [0, 0.1) is 0 Å². The number of hydrogen-bond acceptors (Lipinski definition) is 2. The number of fused-ring (bicyclic) bond motifs is 1. The lowest BCUT2D eigenvalue weighted by atomic mass is 9.95. The van der Waals surface area contributed by atoms with Crippen LogP contribution < -0.4 is 10.1 Å². The molecule has 0 saturated heterocycles. The Labute approximate surface area is 121 Å². The second-order valence-corrected chi connectivity index (χ2v) is 5.81. The van der Waals surface area contributed by atoms with Crippen molar-refractivity contribution >= 4 is 5.91 Å². The van der Waals surface area contributed by atoms with Crippen LogP contribution in [0.5, 0.6) is 5.75 Å². The summed E-state index contributed by atoms with van der Waals surface area (Å²) < 4.78 is 5.80. The molecule has 0 aromatic heterocycles. The summed E-state index contributed by atoms with van der Waals surface area (Å²) in [4.78, 5) is 11.9. The summed E-state index contributed by atoms with van der Waals surface area (Å²) in [7, 11) is 0. The number of carbonyl (C=O) groups is 1. The van der Waals surface area contributed by atoms with Gasteiger partial charge in [-0.05, 0) is 42.9 Å². The maximum atomic E-state index is 11.9. The molecule has 1 unspecified atom stereocenters. The van der Waals surface area contributed by atoms with Crippen LogP contribution in [-0.4, -0.2) is 12.5 Å². The van der Waals surface area contributed by atoms with Gasteiger partial charge in [0.15, 0.2) is 0 Å². The highest BCUT2D eigenvalue weighted by molar-refractivity contribution is 5.76. The Morgan fingerprint density at radius 1 is 1.45 bits per heavy atom. The Bertz CT molecular complexity index is 468. The molecular formula is C17H25NO2. The fourth-order valence-corrected chi connectivity index (χ4v) is 2.60. The summed E-state index contributed by atoms with van der Waals surface area (Å²) in [5.74, 6) is 1.55. The minimum Gasteiger partial charge on any atom is -0.493 e. The molecule has 1 heterocycles. The van der Waals surface area contributed by atoms with E-state index < -0.39 is 0 Å². The lowest BCUT2D eigenvalue weighted by Crippen LogP contribution is -2.28. The second-order valence-electron chi connectivity index (χ2n) is 5.81. The van der Waals surface area contributed by atoms with Crippen LogP contribution in [0.25, 0.3) is 0 Å². The molecule has 1 N–H and O–H groups in total. The average Bonchev–Trinajstić information content (AvgIpc) is 2.61.